The van der Waals surface area contributed by atoms with Gasteiger partial charge in [0.05, 0.1) is 13.2 Å². The van der Waals surface area contributed by atoms with Crippen molar-refractivity contribution in [2.75, 3.05) is 6.61 Å². The molecule has 0 aliphatic carbocycles. The molecular formula is C14H22ClNO2. The van der Waals surface area contributed by atoms with Crippen molar-refractivity contribution in [1.29, 1.82) is 0 Å². The van der Waals surface area contributed by atoms with E-state index in [0.29, 0.717) is 23.1 Å². The lowest BCUT2D eigenvalue weighted by Crippen LogP contribution is -2.00. The number of aliphatic hydroxyl groups is 1. The number of unbranched alkanes of at least 4 members (excludes halogenated alkanes) is 5. The molecule has 0 fully saturated rings. The molecule has 1 rings (SSSR count). The highest BCUT2D eigenvalue weighted by Gasteiger charge is 2.04. The number of hydrogen-bond donors (Lipinski definition) is 1. The Bertz CT molecular complexity index is 345. The van der Waals surface area contributed by atoms with Crippen LogP contribution in [0, 0.1) is 0 Å². The van der Waals surface area contributed by atoms with Crippen molar-refractivity contribution < 1.29 is 9.84 Å². The Kier molecular flexibility index (Phi) is 7.78. The molecule has 1 aromatic heterocycles. The number of hydrogen-bond acceptors (Lipinski definition) is 3. The van der Waals surface area contributed by atoms with Gasteiger partial charge in [-0.05, 0) is 18.1 Å². The molecule has 0 aromatic carbocycles. The van der Waals surface area contributed by atoms with Crippen LogP contribution in [0.25, 0.3) is 0 Å². The maximum atomic E-state index is 8.93. The third-order valence-electron chi connectivity index (χ3n) is 2.78. The topological polar surface area (TPSA) is 42.4 Å². The SMILES string of the molecule is CCCCCCCCOc1ncc(CO)cc1Cl. The summed E-state index contributed by atoms with van der Waals surface area (Å²) in [5.74, 6) is 0.461. The van der Waals surface area contributed by atoms with Crippen molar-refractivity contribution in [2.45, 2.75) is 52.1 Å². The van der Waals surface area contributed by atoms with Crippen molar-refractivity contribution in [1.82, 2.24) is 4.98 Å². The molecule has 0 aliphatic rings. The van der Waals surface area contributed by atoms with Crippen LogP contribution in [-0.2, 0) is 6.61 Å². The molecule has 1 aromatic rings. The number of aromatic nitrogens is 1. The summed E-state index contributed by atoms with van der Waals surface area (Å²) in [6.07, 6.45) is 8.96. The second kappa shape index (κ2) is 9.17. The zero-order valence-corrected chi connectivity index (χ0v) is 11.7. The summed E-state index contributed by atoms with van der Waals surface area (Å²) in [5, 5.41) is 9.40. The fraction of sp³-hybridized carbons (Fsp3) is 0.643. The van der Waals surface area contributed by atoms with Gasteiger partial charge in [0.25, 0.3) is 0 Å². The van der Waals surface area contributed by atoms with Crippen LogP contribution in [0.4, 0.5) is 0 Å². The van der Waals surface area contributed by atoms with Crippen molar-refractivity contribution in [2.24, 2.45) is 0 Å². The monoisotopic (exact) mass is 271 g/mol. The predicted molar refractivity (Wildman–Crippen MR) is 74.0 cm³/mol. The van der Waals surface area contributed by atoms with Gasteiger partial charge in [0.1, 0.15) is 5.02 Å². The van der Waals surface area contributed by atoms with Gasteiger partial charge in [-0.15, -0.1) is 0 Å². The highest BCUT2D eigenvalue weighted by molar-refractivity contribution is 6.31. The zero-order valence-electron chi connectivity index (χ0n) is 11.0. The lowest BCUT2D eigenvalue weighted by atomic mass is 10.1. The fourth-order valence-corrected chi connectivity index (χ4v) is 1.95. The second-order valence-corrected chi connectivity index (χ2v) is 4.81. The highest BCUT2D eigenvalue weighted by Crippen LogP contribution is 2.22. The van der Waals surface area contributed by atoms with Crippen LogP contribution in [-0.4, -0.2) is 16.7 Å². The number of aliphatic hydroxyl groups excluding tert-OH is 1. The van der Waals surface area contributed by atoms with E-state index >= 15 is 0 Å². The Morgan fingerprint density at radius 1 is 1.22 bits per heavy atom. The maximum absolute atomic E-state index is 8.93. The van der Waals surface area contributed by atoms with E-state index in [1.165, 1.54) is 32.1 Å². The predicted octanol–water partition coefficient (Wildman–Crippen LogP) is 3.97. The Morgan fingerprint density at radius 3 is 2.61 bits per heavy atom. The first-order valence-electron chi connectivity index (χ1n) is 6.66. The molecule has 1 heterocycles. The van der Waals surface area contributed by atoms with Crippen LogP contribution in [0.1, 0.15) is 51.0 Å². The van der Waals surface area contributed by atoms with E-state index in [4.69, 9.17) is 21.4 Å². The van der Waals surface area contributed by atoms with E-state index in [0.717, 1.165) is 6.42 Å². The Morgan fingerprint density at radius 2 is 1.94 bits per heavy atom. The molecule has 0 spiro atoms. The van der Waals surface area contributed by atoms with E-state index in [1.807, 2.05) is 0 Å². The molecule has 0 unspecified atom stereocenters. The molecule has 0 radical (unpaired) electrons. The normalized spacial score (nSPS) is 10.6. The quantitative estimate of drug-likeness (QED) is 0.691. The largest absolute Gasteiger partial charge is 0.477 e. The first-order chi connectivity index (χ1) is 8.77. The van der Waals surface area contributed by atoms with Gasteiger partial charge in [0.15, 0.2) is 0 Å². The Hall–Kier alpha value is -0.800. The average molecular weight is 272 g/mol. The van der Waals surface area contributed by atoms with E-state index in [2.05, 4.69) is 11.9 Å². The van der Waals surface area contributed by atoms with Crippen LogP contribution in [0.3, 0.4) is 0 Å². The first-order valence-corrected chi connectivity index (χ1v) is 7.03. The zero-order chi connectivity index (χ0) is 13.2. The van der Waals surface area contributed by atoms with Crippen molar-refractivity contribution in [3.8, 4) is 5.88 Å². The number of ether oxygens (including phenoxy) is 1. The molecule has 0 atom stereocenters. The molecule has 3 nitrogen and oxygen atoms in total. The number of halogens is 1. The van der Waals surface area contributed by atoms with Crippen LogP contribution >= 0.6 is 11.6 Å². The van der Waals surface area contributed by atoms with Gasteiger partial charge in [-0.2, -0.15) is 0 Å². The summed E-state index contributed by atoms with van der Waals surface area (Å²) >= 11 is 5.99. The Labute approximate surface area is 114 Å². The van der Waals surface area contributed by atoms with Gasteiger partial charge in [-0.3, -0.25) is 0 Å². The first kappa shape index (κ1) is 15.3. The fourth-order valence-electron chi connectivity index (χ4n) is 1.71. The van der Waals surface area contributed by atoms with Crippen LogP contribution in [0.15, 0.2) is 12.3 Å². The summed E-state index contributed by atoms with van der Waals surface area (Å²) in [5.41, 5.74) is 0.701. The number of rotatable bonds is 9. The van der Waals surface area contributed by atoms with Crippen molar-refractivity contribution >= 4 is 11.6 Å². The molecule has 0 bridgehead atoms. The van der Waals surface area contributed by atoms with Gasteiger partial charge in [-0.25, -0.2) is 4.98 Å². The standard InChI is InChI=1S/C14H22ClNO2/c1-2-3-4-5-6-7-8-18-14-13(15)9-12(11-17)10-16-14/h9-10,17H,2-8,11H2,1H3. The molecule has 1 N–H and O–H groups in total. The van der Waals surface area contributed by atoms with Gasteiger partial charge in [0.2, 0.25) is 5.88 Å². The van der Waals surface area contributed by atoms with Gasteiger partial charge in [-0.1, -0.05) is 50.6 Å². The summed E-state index contributed by atoms with van der Waals surface area (Å²) in [6, 6.07) is 1.69. The summed E-state index contributed by atoms with van der Waals surface area (Å²) < 4.78 is 5.52. The number of pyridine rings is 1. The van der Waals surface area contributed by atoms with Crippen molar-refractivity contribution in [3.63, 3.8) is 0 Å². The van der Waals surface area contributed by atoms with E-state index in [1.54, 1.807) is 12.3 Å². The molecular weight excluding hydrogens is 250 g/mol. The minimum absolute atomic E-state index is 0.0512. The molecule has 4 heteroatoms. The molecule has 0 amide bonds. The summed E-state index contributed by atoms with van der Waals surface area (Å²) in [6.45, 7) is 2.81. The lowest BCUT2D eigenvalue weighted by Gasteiger charge is -2.07. The van der Waals surface area contributed by atoms with E-state index in [-0.39, 0.29) is 6.61 Å². The molecule has 0 saturated heterocycles. The third kappa shape index (κ3) is 5.69. The van der Waals surface area contributed by atoms with Crippen LogP contribution in [0.2, 0.25) is 5.02 Å². The lowest BCUT2D eigenvalue weighted by molar-refractivity contribution is 0.278. The summed E-state index contributed by atoms with van der Waals surface area (Å²) in [4.78, 5) is 4.08. The van der Waals surface area contributed by atoms with Gasteiger partial charge < -0.3 is 9.84 Å². The molecule has 0 saturated carbocycles. The smallest absolute Gasteiger partial charge is 0.232 e. The molecule has 0 aliphatic heterocycles. The Balaban J connectivity index is 2.19. The minimum atomic E-state index is -0.0512. The highest BCUT2D eigenvalue weighted by atomic mass is 35.5. The van der Waals surface area contributed by atoms with Crippen LogP contribution < -0.4 is 4.74 Å². The molecule has 18 heavy (non-hydrogen) atoms. The van der Waals surface area contributed by atoms with Crippen molar-refractivity contribution in [3.05, 3.63) is 22.8 Å². The summed E-state index contributed by atoms with van der Waals surface area (Å²) in [7, 11) is 0. The third-order valence-corrected chi connectivity index (χ3v) is 3.05. The molecule has 102 valence electrons. The van der Waals surface area contributed by atoms with Gasteiger partial charge >= 0.3 is 0 Å². The van der Waals surface area contributed by atoms with E-state index < -0.39 is 0 Å². The minimum Gasteiger partial charge on any atom is -0.477 e. The van der Waals surface area contributed by atoms with Gasteiger partial charge in [0, 0.05) is 6.20 Å². The van der Waals surface area contributed by atoms with E-state index in [9.17, 15) is 0 Å². The van der Waals surface area contributed by atoms with Crippen LogP contribution in [0.5, 0.6) is 5.88 Å². The average Bonchev–Trinajstić information content (AvgIpc) is 2.39. The second-order valence-electron chi connectivity index (χ2n) is 4.40. The maximum Gasteiger partial charge on any atom is 0.232 e. The number of nitrogens with zero attached hydrogens (tertiary/aromatic N) is 1.